The van der Waals surface area contributed by atoms with Crippen LogP contribution in [-0.4, -0.2) is 14.9 Å². The first-order valence-electron chi connectivity index (χ1n) is 9.22. The van der Waals surface area contributed by atoms with Crippen molar-refractivity contribution < 1.29 is 4.74 Å². The van der Waals surface area contributed by atoms with Crippen LogP contribution in [0.25, 0.3) is 11.4 Å². The van der Waals surface area contributed by atoms with Crippen molar-refractivity contribution >= 4 is 35.4 Å². The zero-order valence-corrected chi connectivity index (χ0v) is 18.1. The maximum absolute atomic E-state index is 6.04. The van der Waals surface area contributed by atoms with Crippen molar-refractivity contribution in [1.29, 1.82) is 0 Å². The Hall–Kier alpha value is -2.80. The molecule has 4 rings (SSSR count). The molecule has 30 heavy (non-hydrogen) atoms. The second kappa shape index (κ2) is 9.34. The minimum absolute atomic E-state index is 0.416. The average Bonchev–Trinajstić information content (AvgIpc) is 3.15. The van der Waals surface area contributed by atoms with Gasteiger partial charge in [-0.05, 0) is 47.6 Å². The Kier molecular flexibility index (Phi) is 6.38. The molecule has 2 N–H and O–H groups in total. The smallest absolute Gasteiger partial charge is 0.214 e. The van der Waals surface area contributed by atoms with Crippen LogP contribution in [0.5, 0.6) is 5.75 Å². The Bertz CT molecular complexity index is 1190. The lowest BCUT2D eigenvalue weighted by atomic mass is 10.2. The number of nitrogens with one attached hydrogen (secondary N) is 2. The first kappa shape index (κ1) is 20.5. The molecule has 0 aliphatic carbocycles. The lowest BCUT2D eigenvalue weighted by Crippen LogP contribution is -2.15. The summed E-state index contributed by atoms with van der Waals surface area (Å²) in [6, 6.07) is 23.2. The molecule has 0 unspecified atom stereocenters. The monoisotopic (exact) mass is 456 g/mol. The van der Waals surface area contributed by atoms with E-state index in [4.69, 9.17) is 40.2 Å². The quantitative estimate of drug-likeness (QED) is 0.323. The number of aromatic amines is 1. The van der Waals surface area contributed by atoms with Gasteiger partial charge in [-0.15, -0.1) is 0 Å². The molecule has 8 heteroatoms. The number of rotatable bonds is 7. The van der Waals surface area contributed by atoms with Crippen LogP contribution in [0.4, 0.5) is 0 Å². The molecule has 0 atom stereocenters. The van der Waals surface area contributed by atoms with Crippen molar-refractivity contribution in [2.24, 2.45) is 0 Å². The third-order valence-corrected chi connectivity index (χ3v) is 5.47. The van der Waals surface area contributed by atoms with E-state index in [1.165, 1.54) is 0 Å². The molecule has 0 radical (unpaired) electrons. The molecule has 0 fully saturated rings. The fraction of sp³-hybridized carbons (Fsp3) is 0.0909. The van der Waals surface area contributed by atoms with Crippen LogP contribution in [0.3, 0.4) is 0 Å². The van der Waals surface area contributed by atoms with E-state index < -0.39 is 0 Å². The summed E-state index contributed by atoms with van der Waals surface area (Å²) in [5.74, 6) is 1.51. The van der Waals surface area contributed by atoms with Crippen LogP contribution in [0.15, 0.2) is 72.8 Å². The second-order valence-electron chi connectivity index (χ2n) is 6.57. The molecule has 5 nitrogen and oxygen atoms in total. The van der Waals surface area contributed by atoms with Gasteiger partial charge in [-0.25, -0.2) is 9.77 Å². The van der Waals surface area contributed by atoms with E-state index in [9.17, 15) is 0 Å². The van der Waals surface area contributed by atoms with Crippen molar-refractivity contribution in [2.75, 3.05) is 5.43 Å². The summed E-state index contributed by atoms with van der Waals surface area (Å²) in [6.45, 7) is 1.000. The summed E-state index contributed by atoms with van der Waals surface area (Å²) in [6.07, 6.45) is 0. The molecule has 152 valence electrons. The van der Waals surface area contributed by atoms with Crippen LogP contribution in [0.2, 0.25) is 10.0 Å². The van der Waals surface area contributed by atoms with E-state index in [1.807, 2.05) is 60.7 Å². The molecule has 1 heterocycles. The average molecular weight is 457 g/mol. The number of aromatic nitrogens is 3. The summed E-state index contributed by atoms with van der Waals surface area (Å²) >= 11 is 17.3. The zero-order valence-electron chi connectivity index (χ0n) is 15.8. The fourth-order valence-corrected chi connectivity index (χ4v) is 3.41. The Labute approximate surface area is 189 Å². The van der Waals surface area contributed by atoms with Crippen molar-refractivity contribution in [2.45, 2.75) is 13.2 Å². The standard InChI is InChI=1S/C22H18Cl2N4OS/c23-19-11-8-16(12-20(19)24)14-29-18-9-6-15(7-10-18)13-25-28-21(26-27-22(28)30)17-4-2-1-3-5-17/h1-12,25H,13-14H2,(H,27,30). The summed E-state index contributed by atoms with van der Waals surface area (Å²) in [5.41, 5.74) is 6.33. The third-order valence-electron chi connectivity index (χ3n) is 4.46. The molecular formula is C22H18Cl2N4OS. The van der Waals surface area contributed by atoms with Gasteiger partial charge in [0.2, 0.25) is 4.77 Å². The van der Waals surface area contributed by atoms with Gasteiger partial charge in [0.25, 0.3) is 0 Å². The number of benzene rings is 3. The Morgan fingerprint density at radius 1 is 0.933 bits per heavy atom. The minimum Gasteiger partial charge on any atom is -0.489 e. The predicted octanol–water partition coefficient (Wildman–Crippen LogP) is 6.24. The normalized spacial score (nSPS) is 10.7. The molecule has 0 bridgehead atoms. The Morgan fingerprint density at radius 3 is 2.40 bits per heavy atom. The maximum Gasteiger partial charge on any atom is 0.214 e. The molecule has 0 amide bonds. The van der Waals surface area contributed by atoms with Crippen LogP contribution in [-0.2, 0) is 13.2 Å². The first-order valence-corrected chi connectivity index (χ1v) is 10.4. The number of hydrogen-bond acceptors (Lipinski definition) is 4. The van der Waals surface area contributed by atoms with Crippen molar-refractivity contribution in [1.82, 2.24) is 14.9 Å². The molecule has 3 aromatic carbocycles. The molecule has 0 saturated heterocycles. The van der Waals surface area contributed by atoms with Gasteiger partial charge in [0.05, 0.1) is 16.6 Å². The van der Waals surface area contributed by atoms with Crippen molar-refractivity contribution in [3.63, 3.8) is 0 Å². The summed E-state index contributed by atoms with van der Waals surface area (Å²) in [4.78, 5) is 0. The number of halogens is 2. The lowest BCUT2D eigenvalue weighted by molar-refractivity contribution is 0.306. The number of nitrogens with zero attached hydrogens (tertiary/aromatic N) is 2. The summed E-state index contributed by atoms with van der Waals surface area (Å²) < 4.78 is 8.12. The molecule has 1 aromatic heterocycles. The van der Waals surface area contributed by atoms with Crippen LogP contribution in [0, 0.1) is 4.77 Å². The van der Waals surface area contributed by atoms with E-state index in [0.717, 1.165) is 28.3 Å². The largest absolute Gasteiger partial charge is 0.489 e. The Morgan fingerprint density at radius 2 is 1.67 bits per heavy atom. The highest BCUT2D eigenvalue weighted by Crippen LogP contribution is 2.23. The number of H-pyrrole nitrogens is 1. The van der Waals surface area contributed by atoms with E-state index in [2.05, 4.69) is 15.6 Å². The topological polar surface area (TPSA) is 54.9 Å². The third kappa shape index (κ3) is 4.84. The molecule has 0 saturated carbocycles. The van der Waals surface area contributed by atoms with E-state index in [-0.39, 0.29) is 0 Å². The van der Waals surface area contributed by atoms with Gasteiger partial charge in [-0.2, -0.15) is 5.10 Å². The van der Waals surface area contributed by atoms with Gasteiger partial charge in [0, 0.05) is 5.56 Å². The molecular weight excluding hydrogens is 439 g/mol. The van der Waals surface area contributed by atoms with Crippen molar-refractivity contribution in [3.05, 3.63) is 98.7 Å². The van der Waals surface area contributed by atoms with Gasteiger partial charge in [0.15, 0.2) is 5.82 Å². The predicted molar refractivity (Wildman–Crippen MR) is 123 cm³/mol. The molecule has 0 spiro atoms. The molecule has 0 aliphatic rings. The van der Waals surface area contributed by atoms with E-state index in [1.54, 1.807) is 16.8 Å². The van der Waals surface area contributed by atoms with Crippen LogP contribution < -0.4 is 10.2 Å². The van der Waals surface area contributed by atoms with E-state index in [0.29, 0.717) is 28.0 Å². The fourth-order valence-electron chi connectivity index (χ4n) is 2.89. The summed E-state index contributed by atoms with van der Waals surface area (Å²) in [5, 5.41) is 8.21. The highest BCUT2D eigenvalue weighted by Gasteiger charge is 2.08. The highest BCUT2D eigenvalue weighted by atomic mass is 35.5. The van der Waals surface area contributed by atoms with Gasteiger partial charge in [-0.1, -0.05) is 71.7 Å². The van der Waals surface area contributed by atoms with Gasteiger partial charge < -0.3 is 10.2 Å². The number of hydrogen-bond donors (Lipinski definition) is 2. The van der Waals surface area contributed by atoms with E-state index >= 15 is 0 Å². The highest BCUT2D eigenvalue weighted by molar-refractivity contribution is 7.71. The van der Waals surface area contributed by atoms with Gasteiger partial charge >= 0.3 is 0 Å². The van der Waals surface area contributed by atoms with Crippen molar-refractivity contribution in [3.8, 4) is 17.1 Å². The van der Waals surface area contributed by atoms with Gasteiger partial charge in [0.1, 0.15) is 12.4 Å². The van der Waals surface area contributed by atoms with Crippen LogP contribution >= 0.6 is 35.4 Å². The SMILES string of the molecule is S=c1[nH]nc(-c2ccccc2)n1NCc1ccc(OCc2ccc(Cl)c(Cl)c2)cc1. The Balaban J connectivity index is 1.38. The number of ether oxygens (including phenoxy) is 1. The zero-order chi connectivity index (χ0) is 20.9. The summed E-state index contributed by atoms with van der Waals surface area (Å²) in [7, 11) is 0. The lowest BCUT2D eigenvalue weighted by Gasteiger charge is -2.11. The van der Waals surface area contributed by atoms with Crippen LogP contribution in [0.1, 0.15) is 11.1 Å². The maximum atomic E-state index is 6.04. The minimum atomic E-state index is 0.416. The molecule has 4 aromatic rings. The first-order chi connectivity index (χ1) is 14.6. The second-order valence-corrected chi connectivity index (χ2v) is 7.77. The molecule has 0 aliphatic heterocycles. The van der Waals surface area contributed by atoms with Gasteiger partial charge in [-0.3, -0.25) is 0 Å².